The van der Waals surface area contributed by atoms with Gasteiger partial charge in [0.15, 0.2) is 0 Å². The molecule has 4 nitrogen and oxygen atoms in total. The Morgan fingerprint density at radius 2 is 2.17 bits per heavy atom. The standard InChI is InChI=1S/C14H26N2O2/c1-3-10(2)13(15)14(17)16(12-4-5-12)8-11-6-7-18-9-11/h10-13H,3-9,15H2,1-2H3/t10-,11?,13-/m0/s1. The van der Waals surface area contributed by atoms with Gasteiger partial charge in [0.25, 0.3) is 0 Å². The summed E-state index contributed by atoms with van der Waals surface area (Å²) in [5.41, 5.74) is 6.09. The van der Waals surface area contributed by atoms with Gasteiger partial charge in [-0.25, -0.2) is 0 Å². The summed E-state index contributed by atoms with van der Waals surface area (Å²) in [6.45, 7) is 6.63. The maximum absolute atomic E-state index is 12.5. The van der Waals surface area contributed by atoms with Crippen LogP contribution in [0.2, 0.25) is 0 Å². The number of nitrogens with zero attached hydrogens (tertiary/aromatic N) is 1. The molecule has 2 fully saturated rings. The normalized spacial score (nSPS) is 26.9. The van der Waals surface area contributed by atoms with Crippen molar-refractivity contribution in [3.8, 4) is 0 Å². The zero-order valence-electron chi connectivity index (χ0n) is 11.6. The highest BCUT2D eigenvalue weighted by Crippen LogP contribution is 2.30. The molecule has 1 saturated heterocycles. The molecule has 104 valence electrons. The fourth-order valence-corrected chi connectivity index (χ4v) is 2.50. The van der Waals surface area contributed by atoms with E-state index >= 15 is 0 Å². The molecule has 4 heteroatoms. The number of rotatable bonds is 6. The van der Waals surface area contributed by atoms with Crippen LogP contribution in [0.25, 0.3) is 0 Å². The van der Waals surface area contributed by atoms with E-state index in [0.717, 1.165) is 45.4 Å². The van der Waals surface area contributed by atoms with Crippen molar-refractivity contribution in [2.75, 3.05) is 19.8 Å². The SMILES string of the molecule is CC[C@H](C)[C@H](N)C(=O)N(CC1CCOC1)C1CC1. The topological polar surface area (TPSA) is 55.6 Å². The maximum Gasteiger partial charge on any atom is 0.240 e. The summed E-state index contributed by atoms with van der Waals surface area (Å²) in [5, 5.41) is 0. The van der Waals surface area contributed by atoms with Crippen LogP contribution in [0.15, 0.2) is 0 Å². The molecule has 0 radical (unpaired) electrons. The lowest BCUT2D eigenvalue weighted by Crippen LogP contribution is -2.49. The van der Waals surface area contributed by atoms with E-state index in [-0.39, 0.29) is 17.9 Å². The Labute approximate surface area is 110 Å². The molecule has 18 heavy (non-hydrogen) atoms. The molecule has 1 saturated carbocycles. The molecule has 2 N–H and O–H groups in total. The first-order valence-electron chi connectivity index (χ1n) is 7.27. The van der Waals surface area contributed by atoms with Crippen molar-refractivity contribution in [2.24, 2.45) is 17.6 Å². The van der Waals surface area contributed by atoms with E-state index in [4.69, 9.17) is 10.5 Å². The van der Waals surface area contributed by atoms with E-state index in [1.165, 1.54) is 0 Å². The van der Waals surface area contributed by atoms with Crippen LogP contribution in [0.3, 0.4) is 0 Å². The Kier molecular flexibility index (Phi) is 4.62. The Hall–Kier alpha value is -0.610. The average Bonchev–Trinajstić information content (AvgIpc) is 3.10. The van der Waals surface area contributed by atoms with Crippen LogP contribution in [0.4, 0.5) is 0 Å². The molecule has 1 aliphatic carbocycles. The maximum atomic E-state index is 12.5. The molecule has 1 unspecified atom stereocenters. The second-order valence-corrected chi connectivity index (χ2v) is 5.86. The first-order chi connectivity index (χ1) is 8.63. The second kappa shape index (κ2) is 6.02. The molecule has 1 amide bonds. The van der Waals surface area contributed by atoms with E-state index in [1.54, 1.807) is 0 Å². The largest absolute Gasteiger partial charge is 0.381 e. The molecular weight excluding hydrogens is 228 g/mol. The Balaban J connectivity index is 1.93. The third kappa shape index (κ3) is 3.23. The van der Waals surface area contributed by atoms with Crippen molar-refractivity contribution in [3.63, 3.8) is 0 Å². The summed E-state index contributed by atoms with van der Waals surface area (Å²) in [6.07, 6.45) is 4.33. The van der Waals surface area contributed by atoms with Crippen molar-refractivity contribution >= 4 is 5.91 Å². The van der Waals surface area contributed by atoms with Gasteiger partial charge in [-0.3, -0.25) is 4.79 Å². The van der Waals surface area contributed by atoms with E-state index in [9.17, 15) is 4.79 Å². The molecule has 0 bridgehead atoms. The highest BCUT2D eigenvalue weighted by Gasteiger charge is 2.37. The highest BCUT2D eigenvalue weighted by molar-refractivity contribution is 5.82. The van der Waals surface area contributed by atoms with Crippen LogP contribution in [0.5, 0.6) is 0 Å². The number of hydrogen-bond acceptors (Lipinski definition) is 3. The average molecular weight is 254 g/mol. The lowest BCUT2D eigenvalue weighted by molar-refractivity contribution is -0.135. The fourth-order valence-electron chi connectivity index (χ4n) is 2.50. The minimum absolute atomic E-state index is 0.152. The number of carbonyl (C=O) groups excluding carboxylic acids is 1. The first-order valence-corrected chi connectivity index (χ1v) is 7.27. The number of carbonyl (C=O) groups is 1. The molecule has 1 aliphatic heterocycles. The monoisotopic (exact) mass is 254 g/mol. The van der Waals surface area contributed by atoms with E-state index < -0.39 is 0 Å². The molecular formula is C14H26N2O2. The van der Waals surface area contributed by atoms with Crippen molar-refractivity contribution in [1.29, 1.82) is 0 Å². The quantitative estimate of drug-likeness (QED) is 0.779. The van der Waals surface area contributed by atoms with Crippen molar-refractivity contribution in [1.82, 2.24) is 4.90 Å². The Morgan fingerprint density at radius 3 is 2.67 bits per heavy atom. The third-order valence-corrected chi connectivity index (χ3v) is 4.29. The number of amides is 1. The van der Waals surface area contributed by atoms with Crippen LogP contribution < -0.4 is 5.73 Å². The summed E-state index contributed by atoms with van der Waals surface area (Å²) < 4.78 is 5.40. The lowest BCUT2D eigenvalue weighted by Gasteiger charge is -2.29. The van der Waals surface area contributed by atoms with Gasteiger partial charge < -0.3 is 15.4 Å². The zero-order valence-corrected chi connectivity index (χ0v) is 11.6. The predicted octanol–water partition coefficient (Wildman–Crippen LogP) is 1.39. The van der Waals surface area contributed by atoms with Crippen LogP contribution >= 0.6 is 0 Å². The van der Waals surface area contributed by atoms with Gasteiger partial charge in [0.05, 0.1) is 12.6 Å². The molecule has 0 spiro atoms. The Bertz CT molecular complexity index is 286. The molecule has 0 aromatic rings. The first kappa shape index (κ1) is 13.8. The van der Waals surface area contributed by atoms with Gasteiger partial charge >= 0.3 is 0 Å². The minimum atomic E-state index is -0.335. The lowest BCUT2D eigenvalue weighted by atomic mass is 9.98. The van der Waals surface area contributed by atoms with E-state index in [2.05, 4.69) is 13.8 Å². The van der Waals surface area contributed by atoms with Crippen molar-refractivity contribution in [3.05, 3.63) is 0 Å². The van der Waals surface area contributed by atoms with Crippen molar-refractivity contribution in [2.45, 2.75) is 51.6 Å². The molecule has 0 aromatic heterocycles. The van der Waals surface area contributed by atoms with E-state index in [0.29, 0.717) is 12.0 Å². The molecule has 3 atom stereocenters. The minimum Gasteiger partial charge on any atom is -0.381 e. The van der Waals surface area contributed by atoms with Crippen LogP contribution in [0, 0.1) is 11.8 Å². The molecule has 0 aromatic carbocycles. The van der Waals surface area contributed by atoms with Crippen LogP contribution in [0.1, 0.15) is 39.5 Å². The van der Waals surface area contributed by atoms with E-state index in [1.807, 2.05) is 4.90 Å². The Morgan fingerprint density at radius 1 is 1.44 bits per heavy atom. The van der Waals surface area contributed by atoms with Gasteiger partial charge in [-0.05, 0) is 25.2 Å². The third-order valence-electron chi connectivity index (χ3n) is 4.29. The van der Waals surface area contributed by atoms with Crippen LogP contribution in [-0.2, 0) is 9.53 Å². The summed E-state index contributed by atoms with van der Waals surface area (Å²) >= 11 is 0. The molecule has 2 rings (SSSR count). The van der Waals surface area contributed by atoms with Gasteiger partial charge in [-0.15, -0.1) is 0 Å². The van der Waals surface area contributed by atoms with Gasteiger partial charge in [0, 0.05) is 25.1 Å². The zero-order chi connectivity index (χ0) is 13.1. The summed E-state index contributed by atoms with van der Waals surface area (Å²) in [5.74, 6) is 0.927. The molecule has 2 aliphatic rings. The van der Waals surface area contributed by atoms with Gasteiger partial charge in [0.2, 0.25) is 5.91 Å². The predicted molar refractivity (Wildman–Crippen MR) is 71.1 cm³/mol. The van der Waals surface area contributed by atoms with Gasteiger partial charge in [0.1, 0.15) is 0 Å². The fraction of sp³-hybridized carbons (Fsp3) is 0.929. The van der Waals surface area contributed by atoms with Gasteiger partial charge in [-0.2, -0.15) is 0 Å². The van der Waals surface area contributed by atoms with Crippen LogP contribution in [-0.4, -0.2) is 42.6 Å². The number of ether oxygens (including phenoxy) is 1. The molecule has 1 heterocycles. The summed E-state index contributed by atoms with van der Waals surface area (Å²) in [7, 11) is 0. The smallest absolute Gasteiger partial charge is 0.240 e. The summed E-state index contributed by atoms with van der Waals surface area (Å²) in [4.78, 5) is 14.5. The second-order valence-electron chi connectivity index (χ2n) is 5.86. The van der Waals surface area contributed by atoms with Gasteiger partial charge in [-0.1, -0.05) is 20.3 Å². The summed E-state index contributed by atoms with van der Waals surface area (Å²) in [6, 6.07) is 0.117. The van der Waals surface area contributed by atoms with Crippen molar-refractivity contribution < 1.29 is 9.53 Å². The number of nitrogens with two attached hydrogens (primary N) is 1. The highest BCUT2D eigenvalue weighted by atomic mass is 16.5. The number of hydrogen-bond donors (Lipinski definition) is 1.